The number of halogens is 1. The van der Waals surface area contributed by atoms with E-state index in [1.165, 1.54) is 0 Å². The van der Waals surface area contributed by atoms with Gasteiger partial charge in [-0.1, -0.05) is 18.5 Å². The fourth-order valence-electron chi connectivity index (χ4n) is 1.87. The lowest BCUT2D eigenvalue weighted by molar-refractivity contribution is -0.119. The Kier molecular flexibility index (Phi) is 7.39. The van der Waals surface area contributed by atoms with Crippen LogP contribution >= 0.6 is 11.6 Å². The number of amides is 1. The molecule has 0 fully saturated rings. The lowest BCUT2D eigenvalue weighted by atomic mass is 10.2. The molecule has 1 rings (SSSR count). The van der Waals surface area contributed by atoms with Crippen molar-refractivity contribution in [1.82, 2.24) is 15.3 Å². The molecule has 118 valence electrons. The zero-order chi connectivity index (χ0) is 15.8. The van der Waals surface area contributed by atoms with Crippen LogP contribution in [0.2, 0.25) is 5.15 Å². The number of nitrogens with zero attached hydrogens (tertiary/aromatic N) is 3. The third-order valence-electron chi connectivity index (χ3n) is 2.95. The van der Waals surface area contributed by atoms with Crippen molar-refractivity contribution in [2.45, 2.75) is 26.7 Å². The number of methoxy groups -OCH3 is 1. The van der Waals surface area contributed by atoms with Crippen LogP contribution < -0.4 is 10.2 Å². The topological polar surface area (TPSA) is 67.4 Å². The molecule has 1 N–H and O–H groups in total. The number of ether oxygens (including phenoxy) is 1. The smallest absolute Gasteiger partial charge is 0.239 e. The zero-order valence-electron chi connectivity index (χ0n) is 13.1. The minimum absolute atomic E-state index is 0.0827. The highest BCUT2D eigenvalue weighted by Gasteiger charge is 2.15. The SMILES string of the molecule is CCCc1nc(Cl)c(C)c(N(C)CC(=O)NCCOC)n1. The predicted molar refractivity (Wildman–Crippen MR) is 83.9 cm³/mol. The van der Waals surface area contributed by atoms with Crippen LogP contribution in [0.25, 0.3) is 0 Å². The Bertz CT molecular complexity index is 482. The van der Waals surface area contributed by atoms with Gasteiger partial charge in [0.25, 0.3) is 0 Å². The second kappa shape index (κ2) is 8.79. The van der Waals surface area contributed by atoms with E-state index < -0.39 is 0 Å². The van der Waals surface area contributed by atoms with E-state index in [1.807, 2.05) is 14.0 Å². The predicted octanol–water partition coefficient (Wildman–Crippen LogP) is 1.59. The fourth-order valence-corrected chi connectivity index (χ4v) is 2.05. The van der Waals surface area contributed by atoms with Crippen molar-refractivity contribution in [1.29, 1.82) is 0 Å². The van der Waals surface area contributed by atoms with Crippen LogP contribution in [-0.2, 0) is 16.0 Å². The molecule has 0 bridgehead atoms. The van der Waals surface area contributed by atoms with Gasteiger partial charge in [0.1, 0.15) is 16.8 Å². The number of nitrogens with one attached hydrogen (secondary N) is 1. The molecule has 0 aliphatic carbocycles. The summed E-state index contributed by atoms with van der Waals surface area (Å²) in [6.45, 7) is 5.11. The van der Waals surface area contributed by atoms with Crippen LogP contribution in [0.5, 0.6) is 0 Å². The molecule has 7 heteroatoms. The van der Waals surface area contributed by atoms with Gasteiger partial charge in [-0.25, -0.2) is 9.97 Å². The molecule has 0 radical (unpaired) electrons. The van der Waals surface area contributed by atoms with E-state index in [0.29, 0.717) is 29.9 Å². The average molecular weight is 315 g/mol. The maximum absolute atomic E-state index is 11.8. The normalized spacial score (nSPS) is 10.5. The standard InChI is InChI=1S/C14H23ClN4O2/c1-5-6-11-17-13(15)10(2)14(18-11)19(3)9-12(20)16-7-8-21-4/h5-9H2,1-4H3,(H,16,20). The Morgan fingerprint density at radius 3 is 2.76 bits per heavy atom. The van der Waals surface area contributed by atoms with Crippen molar-refractivity contribution in [2.24, 2.45) is 0 Å². The summed E-state index contributed by atoms with van der Waals surface area (Å²) >= 11 is 6.14. The lowest BCUT2D eigenvalue weighted by Gasteiger charge is -2.20. The highest BCUT2D eigenvalue weighted by molar-refractivity contribution is 6.30. The summed E-state index contributed by atoms with van der Waals surface area (Å²) in [4.78, 5) is 22.4. The van der Waals surface area contributed by atoms with E-state index in [1.54, 1.807) is 12.0 Å². The number of carbonyl (C=O) groups is 1. The molecule has 0 saturated heterocycles. The van der Waals surface area contributed by atoms with E-state index in [4.69, 9.17) is 16.3 Å². The maximum Gasteiger partial charge on any atom is 0.239 e. The van der Waals surface area contributed by atoms with Gasteiger partial charge in [0.2, 0.25) is 5.91 Å². The fraction of sp³-hybridized carbons (Fsp3) is 0.643. The molecule has 1 aromatic rings. The minimum Gasteiger partial charge on any atom is -0.383 e. The number of aromatic nitrogens is 2. The number of carbonyl (C=O) groups excluding carboxylic acids is 1. The van der Waals surface area contributed by atoms with Crippen molar-refractivity contribution in [3.8, 4) is 0 Å². The van der Waals surface area contributed by atoms with Gasteiger partial charge in [0.05, 0.1) is 13.2 Å². The first-order chi connectivity index (χ1) is 9.99. The number of anilines is 1. The van der Waals surface area contributed by atoms with Crippen LogP contribution in [0.1, 0.15) is 24.7 Å². The Balaban J connectivity index is 2.76. The molecule has 0 aliphatic heterocycles. The van der Waals surface area contributed by atoms with Gasteiger partial charge in [0.15, 0.2) is 0 Å². The average Bonchev–Trinajstić information content (AvgIpc) is 2.43. The summed E-state index contributed by atoms with van der Waals surface area (Å²) in [5.74, 6) is 1.32. The lowest BCUT2D eigenvalue weighted by Crippen LogP contribution is -2.37. The Morgan fingerprint density at radius 1 is 1.43 bits per heavy atom. The molecule has 0 atom stereocenters. The van der Waals surface area contributed by atoms with Crippen molar-refractivity contribution in [2.75, 3.05) is 38.8 Å². The number of hydrogen-bond acceptors (Lipinski definition) is 5. The zero-order valence-corrected chi connectivity index (χ0v) is 13.8. The summed E-state index contributed by atoms with van der Waals surface area (Å²) in [5, 5.41) is 3.22. The molecular weight excluding hydrogens is 292 g/mol. The summed E-state index contributed by atoms with van der Waals surface area (Å²) in [6.07, 6.45) is 1.71. The minimum atomic E-state index is -0.0827. The van der Waals surface area contributed by atoms with E-state index in [0.717, 1.165) is 18.4 Å². The van der Waals surface area contributed by atoms with Gasteiger partial charge in [-0.15, -0.1) is 0 Å². The highest BCUT2D eigenvalue weighted by atomic mass is 35.5. The second-order valence-electron chi connectivity index (χ2n) is 4.83. The van der Waals surface area contributed by atoms with Gasteiger partial charge in [-0.05, 0) is 13.3 Å². The molecule has 0 aromatic carbocycles. The summed E-state index contributed by atoms with van der Waals surface area (Å²) in [5.41, 5.74) is 0.781. The summed E-state index contributed by atoms with van der Waals surface area (Å²) in [7, 11) is 3.41. The first kappa shape index (κ1) is 17.7. The molecule has 6 nitrogen and oxygen atoms in total. The van der Waals surface area contributed by atoms with Gasteiger partial charge < -0.3 is 15.0 Å². The van der Waals surface area contributed by atoms with Crippen LogP contribution in [0, 0.1) is 6.92 Å². The van der Waals surface area contributed by atoms with Gasteiger partial charge in [-0.2, -0.15) is 0 Å². The quantitative estimate of drug-likeness (QED) is 0.583. The monoisotopic (exact) mass is 314 g/mol. The molecule has 21 heavy (non-hydrogen) atoms. The van der Waals surface area contributed by atoms with Crippen molar-refractivity contribution in [3.05, 3.63) is 16.5 Å². The Hall–Kier alpha value is -1.40. The molecule has 0 aliphatic rings. The number of hydrogen-bond donors (Lipinski definition) is 1. The summed E-state index contributed by atoms with van der Waals surface area (Å²) in [6, 6.07) is 0. The van der Waals surface area contributed by atoms with Gasteiger partial charge in [-0.3, -0.25) is 4.79 Å². The van der Waals surface area contributed by atoms with E-state index in [9.17, 15) is 4.79 Å². The highest BCUT2D eigenvalue weighted by Crippen LogP contribution is 2.22. The summed E-state index contributed by atoms with van der Waals surface area (Å²) < 4.78 is 4.89. The number of rotatable bonds is 8. The first-order valence-corrected chi connectivity index (χ1v) is 7.37. The molecule has 0 spiro atoms. The van der Waals surface area contributed by atoms with Crippen LogP contribution in [-0.4, -0.2) is 49.7 Å². The van der Waals surface area contributed by atoms with Crippen molar-refractivity contribution < 1.29 is 9.53 Å². The maximum atomic E-state index is 11.8. The molecule has 1 aromatic heterocycles. The number of aryl methyl sites for hydroxylation is 1. The van der Waals surface area contributed by atoms with Gasteiger partial charge in [0, 0.05) is 32.7 Å². The molecule has 0 unspecified atom stereocenters. The Labute approximate surface area is 130 Å². The third-order valence-corrected chi connectivity index (χ3v) is 3.32. The van der Waals surface area contributed by atoms with E-state index in [-0.39, 0.29) is 12.5 Å². The third kappa shape index (κ3) is 5.47. The second-order valence-corrected chi connectivity index (χ2v) is 5.19. The van der Waals surface area contributed by atoms with Crippen LogP contribution in [0.4, 0.5) is 5.82 Å². The van der Waals surface area contributed by atoms with E-state index in [2.05, 4.69) is 22.2 Å². The first-order valence-electron chi connectivity index (χ1n) is 6.99. The Morgan fingerprint density at radius 2 is 2.14 bits per heavy atom. The van der Waals surface area contributed by atoms with Crippen molar-refractivity contribution >= 4 is 23.3 Å². The molecule has 1 heterocycles. The van der Waals surface area contributed by atoms with Gasteiger partial charge >= 0.3 is 0 Å². The van der Waals surface area contributed by atoms with Crippen molar-refractivity contribution in [3.63, 3.8) is 0 Å². The van der Waals surface area contributed by atoms with E-state index >= 15 is 0 Å². The van der Waals surface area contributed by atoms with Crippen LogP contribution in [0.3, 0.4) is 0 Å². The number of likely N-dealkylation sites (N-methyl/N-ethyl adjacent to an activating group) is 1. The molecule has 1 amide bonds. The van der Waals surface area contributed by atoms with Crippen LogP contribution in [0.15, 0.2) is 0 Å². The molecular formula is C14H23ClN4O2. The molecule has 0 saturated carbocycles. The largest absolute Gasteiger partial charge is 0.383 e.